The summed E-state index contributed by atoms with van der Waals surface area (Å²) in [7, 11) is 0. The Morgan fingerprint density at radius 2 is 2.12 bits per heavy atom. The maximum atomic E-state index is 11.5. The Morgan fingerprint density at radius 1 is 1.31 bits per heavy atom. The lowest BCUT2D eigenvalue weighted by Gasteiger charge is -2.01. The van der Waals surface area contributed by atoms with Gasteiger partial charge in [-0.05, 0) is 12.0 Å². The highest BCUT2D eigenvalue weighted by Gasteiger charge is 2.03. The van der Waals surface area contributed by atoms with Gasteiger partial charge in [-0.1, -0.05) is 30.3 Å². The van der Waals surface area contributed by atoms with Crippen LogP contribution in [0.25, 0.3) is 0 Å². The van der Waals surface area contributed by atoms with Gasteiger partial charge in [-0.25, -0.2) is 4.98 Å². The van der Waals surface area contributed by atoms with Crippen LogP contribution in [0.4, 0.5) is 5.95 Å². The van der Waals surface area contributed by atoms with Gasteiger partial charge < -0.3 is 4.98 Å². The first kappa shape index (κ1) is 10.4. The van der Waals surface area contributed by atoms with Crippen molar-refractivity contribution in [2.24, 2.45) is 0 Å². The molecule has 2 aromatic rings. The van der Waals surface area contributed by atoms with Gasteiger partial charge in [0, 0.05) is 18.8 Å². The number of nitrogens with one attached hydrogen (secondary N) is 2. The predicted molar refractivity (Wildman–Crippen MR) is 62.0 cm³/mol. The van der Waals surface area contributed by atoms with E-state index in [-0.39, 0.29) is 5.91 Å². The van der Waals surface area contributed by atoms with Crippen LogP contribution in [0.5, 0.6) is 0 Å². The first-order chi connectivity index (χ1) is 7.84. The highest BCUT2D eigenvalue weighted by molar-refractivity contribution is 5.89. The minimum absolute atomic E-state index is 0.0289. The SMILES string of the molecule is O=C(CCc1ccccc1)Nc1ncc[nH]1. The molecule has 2 rings (SSSR count). The number of H-pyrrole nitrogens is 1. The summed E-state index contributed by atoms with van der Waals surface area (Å²) in [6, 6.07) is 9.94. The fourth-order valence-corrected chi connectivity index (χ4v) is 1.43. The van der Waals surface area contributed by atoms with Crippen LogP contribution < -0.4 is 5.32 Å². The standard InChI is InChI=1S/C12H13N3O/c16-11(15-12-13-8-9-14-12)7-6-10-4-2-1-3-5-10/h1-5,8-9H,6-7H2,(H2,13,14,15,16). The number of aromatic amines is 1. The monoisotopic (exact) mass is 215 g/mol. The van der Waals surface area contributed by atoms with Crippen molar-refractivity contribution in [3.05, 3.63) is 48.3 Å². The number of hydrogen-bond donors (Lipinski definition) is 2. The van der Waals surface area contributed by atoms with Crippen molar-refractivity contribution in [2.45, 2.75) is 12.8 Å². The van der Waals surface area contributed by atoms with Crippen LogP contribution in [-0.4, -0.2) is 15.9 Å². The Labute approximate surface area is 93.7 Å². The lowest BCUT2D eigenvalue weighted by Crippen LogP contribution is -2.13. The first-order valence-corrected chi connectivity index (χ1v) is 5.18. The number of carbonyl (C=O) groups is 1. The average molecular weight is 215 g/mol. The van der Waals surface area contributed by atoms with E-state index in [0.29, 0.717) is 12.4 Å². The molecule has 0 atom stereocenters. The number of rotatable bonds is 4. The van der Waals surface area contributed by atoms with E-state index < -0.39 is 0 Å². The van der Waals surface area contributed by atoms with Crippen LogP contribution in [0.3, 0.4) is 0 Å². The number of carbonyl (C=O) groups excluding carboxylic acids is 1. The van der Waals surface area contributed by atoms with Gasteiger partial charge in [0.1, 0.15) is 0 Å². The van der Waals surface area contributed by atoms with E-state index in [1.807, 2.05) is 30.3 Å². The van der Waals surface area contributed by atoms with Gasteiger partial charge in [0.2, 0.25) is 11.9 Å². The quantitative estimate of drug-likeness (QED) is 0.819. The third-order valence-electron chi connectivity index (χ3n) is 2.24. The van der Waals surface area contributed by atoms with Crippen LogP contribution >= 0.6 is 0 Å². The Morgan fingerprint density at radius 3 is 2.81 bits per heavy atom. The van der Waals surface area contributed by atoms with E-state index in [2.05, 4.69) is 15.3 Å². The Balaban J connectivity index is 1.80. The highest BCUT2D eigenvalue weighted by atomic mass is 16.1. The van der Waals surface area contributed by atoms with Crippen molar-refractivity contribution in [1.29, 1.82) is 0 Å². The molecule has 1 aromatic carbocycles. The molecular formula is C12H13N3O. The topological polar surface area (TPSA) is 57.8 Å². The molecule has 0 saturated carbocycles. The number of nitrogens with zero attached hydrogens (tertiary/aromatic N) is 1. The second-order valence-electron chi connectivity index (χ2n) is 3.47. The molecule has 0 radical (unpaired) electrons. The average Bonchev–Trinajstić information content (AvgIpc) is 2.81. The van der Waals surface area contributed by atoms with Crippen molar-refractivity contribution in [3.63, 3.8) is 0 Å². The largest absolute Gasteiger partial charge is 0.331 e. The van der Waals surface area contributed by atoms with Crippen molar-refractivity contribution in [3.8, 4) is 0 Å². The molecule has 4 nitrogen and oxygen atoms in total. The smallest absolute Gasteiger partial charge is 0.227 e. The zero-order chi connectivity index (χ0) is 11.2. The van der Waals surface area contributed by atoms with Gasteiger partial charge >= 0.3 is 0 Å². The van der Waals surface area contributed by atoms with Crippen molar-refractivity contribution in [2.75, 3.05) is 5.32 Å². The third kappa shape index (κ3) is 2.95. The number of imidazole rings is 1. The maximum absolute atomic E-state index is 11.5. The maximum Gasteiger partial charge on any atom is 0.227 e. The summed E-state index contributed by atoms with van der Waals surface area (Å²) in [5.41, 5.74) is 1.16. The molecule has 1 aromatic heterocycles. The van der Waals surface area contributed by atoms with Crippen LogP contribution in [0.15, 0.2) is 42.7 Å². The van der Waals surface area contributed by atoms with Gasteiger partial charge in [0.25, 0.3) is 0 Å². The first-order valence-electron chi connectivity index (χ1n) is 5.18. The molecule has 4 heteroatoms. The molecule has 0 aliphatic heterocycles. The molecule has 0 saturated heterocycles. The summed E-state index contributed by atoms with van der Waals surface area (Å²) in [6.45, 7) is 0. The Kier molecular flexibility index (Phi) is 3.33. The number of benzene rings is 1. The second kappa shape index (κ2) is 5.11. The van der Waals surface area contributed by atoms with Crippen molar-refractivity contribution < 1.29 is 4.79 Å². The molecule has 0 bridgehead atoms. The number of aryl methyl sites for hydroxylation is 1. The van der Waals surface area contributed by atoms with Gasteiger partial charge in [0.05, 0.1) is 0 Å². The molecule has 1 heterocycles. The lowest BCUT2D eigenvalue weighted by atomic mass is 10.1. The molecule has 0 aliphatic carbocycles. The fraction of sp³-hybridized carbons (Fsp3) is 0.167. The summed E-state index contributed by atoms with van der Waals surface area (Å²) in [4.78, 5) is 18.3. The summed E-state index contributed by atoms with van der Waals surface area (Å²) in [5.74, 6) is 0.469. The molecule has 2 N–H and O–H groups in total. The van der Waals surface area contributed by atoms with E-state index >= 15 is 0 Å². The van der Waals surface area contributed by atoms with E-state index in [0.717, 1.165) is 12.0 Å². The second-order valence-corrected chi connectivity index (χ2v) is 3.47. The summed E-state index contributed by atoms with van der Waals surface area (Å²) >= 11 is 0. The van der Waals surface area contributed by atoms with Gasteiger partial charge in [-0.3, -0.25) is 10.1 Å². The number of amides is 1. The van der Waals surface area contributed by atoms with Gasteiger partial charge in [0.15, 0.2) is 0 Å². The van der Waals surface area contributed by atoms with Crippen LogP contribution in [0.1, 0.15) is 12.0 Å². The zero-order valence-corrected chi connectivity index (χ0v) is 8.81. The third-order valence-corrected chi connectivity index (χ3v) is 2.24. The number of aromatic nitrogens is 2. The Hall–Kier alpha value is -2.10. The minimum atomic E-state index is -0.0289. The predicted octanol–water partition coefficient (Wildman–Crippen LogP) is 1.98. The normalized spacial score (nSPS) is 10.0. The molecule has 0 spiro atoms. The summed E-state index contributed by atoms with van der Waals surface area (Å²) in [5, 5.41) is 2.69. The van der Waals surface area contributed by atoms with E-state index in [1.165, 1.54) is 0 Å². The lowest BCUT2D eigenvalue weighted by molar-refractivity contribution is -0.116. The van der Waals surface area contributed by atoms with Crippen LogP contribution in [-0.2, 0) is 11.2 Å². The van der Waals surface area contributed by atoms with Crippen molar-refractivity contribution in [1.82, 2.24) is 9.97 Å². The van der Waals surface area contributed by atoms with E-state index in [1.54, 1.807) is 12.4 Å². The van der Waals surface area contributed by atoms with Crippen LogP contribution in [0, 0.1) is 0 Å². The number of hydrogen-bond acceptors (Lipinski definition) is 2. The molecule has 1 amide bonds. The molecule has 0 aliphatic rings. The molecule has 16 heavy (non-hydrogen) atoms. The molecule has 0 fully saturated rings. The van der Waals surface area contributed by atoms with E-state index in [9.17, 15) is 4.79 Å². The van der Waals surface area contributed by atoms with E-state index in [4.69, 9.17) is 0 Å². The molecule has 82 valence electrons. The van der Waals surface area contributed by atoms with Crippen LogP contribution in [0.2, 0.25) is 0 Å². The summed E-state index contributed by atoms with van der Waals surface area (Å²) < 4.78 is 0. The van der Waals surface area contributed by atoms with Crippen molar-refractivity contribution >= 4 is 11.9 Å². The highest BCUT2D eigenvalue weighted by Crippen LogP contribution is 2.04. The molecule has 0 unspecified atom stereocenters. The van der Waals surface area contributed by atoms with Gasteiger partial charge in [-0.2, -0.15) is 0 Å². The fourth-order valence-electron chi connectivity index (χ4n) is 1.43. The van der Waals surface area contributed by atoms with Gasteiger partial charge in [-0.15, -0.1) is 0 Å². The minimum Gasteiger partial charge on any atom is -0.331 e. The number of anilines is 1. The Bertz CT molecular complexity index is 437. The summed E-state index contributed by atoms with van der Waals surface area (Å²) in [6.07, 6.45) is 4.48. The zero-order valence-electron chi connectivity index (χ0n) is 8.81. The molecular weight excluding hydrogens is 202 g/mol.